The van der Waals surface area contributed by atoms with Crippen molar-refractivity contribution in [3.8, 4) is 11.5 Å². The maximum atomic E-state index is 12.5. The van der Waals surface area contributed by atoms with E-state index in [0.717, 1.165) is 5.56 Å². The molecule has 1 unspecified atom stereocenters. The Morgan fingerprint density at radius 3 is 2.66 bits per heavy atom. The van der Waals surface area contributed by atoms with E-state index in [2.05, 4.69) is 10.1 Å². The molecule has 1 N–H and O–H groups in total. The molecule has 2 amide bonds. The minimum absolute atomic E-state index is 0.126. The van der Waals surface area contributed by atoms with E-state index < -0.39 is 11.9 Å². The summed E-state index contributed by atoms with van der Waals surface area (Å²) in [5, 5.41) is 2.88. The van der Waals surface area contributed by atoms with Gasteiger partial charge in [0.1, 0.15) is 0 Å². The zero-order chi connectivity index (χ0) is 20.4. The summed E-state index contributed by atoms with van der Waals surface area (Å²) in [4.78, 5) is 38.0. The zero-order valence-corrected chi connectivity index (χ0v) is 15.8. The lowest BCUT2D eigenvalue weighted by Gasteiger charge is -2.17. The Morgan fingerprint density at radius 2 is 1.90 bits per heavy atom. The molecule has 29 heavy (non-hydrogen) atoms. The van der Waals surface area contributed by atoms with E-state index in [1.54, 1.807) is 29.2 Å². The highest BCUT2D eigenvalue weighted by Crippen LogP contribution is 2.32. The van der Waals surface area contributed by atoms with Crippen LogP contribution in [-0.2, 0) is 20.9 Å². The van der Waals surface area contributed by atoms with Crippen molar-refractivity contribution < 1.29 is 28.6 Å². The van der Waals surface area contributed by atoms with Gasteiger partial charge in [0.2, 0.25) is 18.6 Å². The molecule has 8 nitrogen and oxygen atoms in total. The van der Waals surface area contributed by atoms with Crippen LogP contribution in [0.25, 0.3) is 0 Å². The van der Waals surface area contributed by atoms with Crippen LogP contribution in [0, 0.1) is 5.92 Å². The van der Waals surface area contributed by atoms with Gasteiger partial charge in [-0.2, -0.15) is 0 Å². The molecule has 2 aliphatic heterocycles. The number of amides is 2. The first kappa shape index (κ1) is 18.8. The predicted molar refractivity (Wildman–Crippen MR) is 103 cm³/mol. The van der Waals surface area contributed by atoms with Crippen molar-refractivity contribution in [2.24, 2.45) is 5.92 Å². The maximum Gasteiger partial charge on any atom is 0.337 e. The summed E-state index contributed by atoms with van der Waals surface area (Å²) in [6.45, 7) is 0.836. The van der Waals surface area contributed by atoms with Gasteiger partial charge in [-0.05, 0) is 42.0 Å². The second kappa shape index (κ2) is 7.83. The fourth-order valence-electron chi connectivity index (χ4n) is 3.41. The van der Waals surface area contributed by atoms with E-state index in [1.807, 2.05) is 18.2 Å². The molecule has 0 radical (unpaired) electrons. The van der Waals surface area contributed by atoms with Crippen molar-refractivity contribution in [3.63, 3.8) is 0 Å². The van der Waals surface area contributed by atoms with Crippen LogP contribution in [0.5, 0.6) is 11.5 Å². The summed E-state index contributed by atoms with van der Waals surface area (Å²) in [6, 6.07) is 12.1. The molecule has 150 valence electrons. The normalized spacial score (nSPS) is 17.3. The van der Waals surface area contributed by atoms with Crippen molar-refractivity contribution in [2.75, 3.05) is 25.3 Å². The molecule has 1 saturated heterocycles. The molecule has 2 aliphatic rings. The highest BCUT2D eigenvalue weighted by Gasteiger charge is 2.35. The molecular weight excluding hydrogens is 376 g/mol. The smallest absolute Gasteiger partial charge is 0.337 e. The van der Waals surface area contributed by atoms with Gasteiger partial charge in [0.15, 0.2) is 11.5 Å². The number of nitrogens with one attached hydrogen (secondary N) is 1. The number of esters is 1. The Morgan fingerprint density at radius 1 is 1.14 bits per heavy atom. The Bertz CT molecular complexity index is 956. The summed E-state index contributed by atoms with van der Waals surface area (Å²) in [6.07, 6.45) is 0.145. The number of carbonyl (C=O) groups excluding carboxylic acids is 3. The van der Waals surface area contributed by atoms with Crippen molar-refractivity contribution >= 4 is 23.5 Å². The number of fused-ring (bicyclic) bond motifs is 1. The highest BCUT2D eigenvalue weighted by molar-refractivity contribution is 6.00. The average molecular weight is 396 g/mol. The highest BCUT2D eigenvalue weighted by atomic mass is 16.7. The van der Waals surface area contributed by atoms with Gasteiger partial charge < -0.3 is 24.4 Å². The van der Waals surface area contributed by atoms with Gasteiger partial charge in [-0.3, -0.25) is 9.59 Å². The minimum Gasteiger partial charge on any atom is -0.465 e. The monoisotopic (exact) mass is 396 g/mol. The third-order valence-electron chi connectivity index (χ3n) is 5.00. The molecule has 4 rings (SSSR count). The van der Waals surface area contributed by atoms with Gasteiger partial charge in [0, 0.05) is 25.2 Å². The number of hydrogen-bond acceptors (Lipinski definition) is 6. The Labute approximate surface area is 167 Å². The van der Waals surface area contributed by atoms with Crippen LogP contribution in [-0.4, -0.2) is 38.2 Å². The van der Waals surface area contributed by atoms with Crippen LogP contribution in [0.1, 0.15) is 22.3 Å². The summed E-state index contributed by atoms with van der Waals surface area (Å²) < 4.78 is 15.3. The lowest BCUT2D eigenvalue weighted by Crippen LogP contribution is -2.32. The van der Waals surface area contributed by atoms with Crippen LogP contribution in [0.15, 0.2) is 42.5 Å². The Balaban J connectivity index is 1.36. The first-order valence-corrected chi connectivity index (χ1v) is 9.20. The average Bonchev–Trinajstić information content (AvgIpc) is 3.37. The lowest BCUT2D eigenvalue weighted by atomic mass is 10.1. The number of nitrogens with zero attached hydrogens (tertiary/aromatic N) is 1. The first-order valence-electron chi connectivity index (χ1n) is 9.20. The maximum absolute atomic E-state index is 12.5. The summed E-state index contributed by atoms with van der Waals surface area (Å²) in [7, 11) is 1.31. The fourth-order valence-corrected chi connectivity index (χ4v) is 3.41. The van der Waals surface area contributed by atoms with Gasteiger partial charge in [0.25, 0.3) is 0 Å². The van der Waals surface area contributed by atoms with Gasteiger partial charge in [-0.1, -0.05) is 6.07 Å². The van der Waals surface area contributed by atoms with E-state index in [9.17, 15) is 14.4 Å². The Kier molecular flexibility index (Phi) is 5.07. The minimum atomic E-state index is -0.440. The Hall–Kier alpha value is -3.55. The molecule has 2 aromatic carbocycles. The molecule has 0 spiro atoms. The quantitative estimate of drug-likeness (QED) is 0.776. The number of anilines is 1. The lowest BCUT2D eigenvalue weighted by molar-refractivity contribution is -0.126. The molecular formula is C21H20N2O6. The molecule has 0 saturated carbocycles. The third kappa shape index (κ3) is 3.87. The van der Waals surface area contributed by atoms with Gasteiger partial charge >= 0.3 is 5.97 Å². The molecule has 2 heterocycles. The number of hydrogen-bond donors (Lipinski definition) is 1. The fraction of sp³-hybridized carbons (Fsp3) is 0.286. The SMILES string of the molecule is COC(=O)c1ccc(N2CC(C(=O)NCc3ccc4c(c3)OCO4)CC2=O)cc1. The van der Waals surface area contributed by atoms with Crippen LogP contribution < -0.4 is 19.7 Å². The predicted octanol–water partition coefficient (Wildman–Crippen LogP) is 1.87. The molecule has 0 bridgehead atoms. The summed E-state index contributed by atoms with van der Waals surface area (Å²) in [5.41, 5.74) is 1.94. The third-order valence-corrected chi connectivity index (χ3v) is 5.00. The second-order valence-electron chi connectivity index (χ2n) is 6.85. The van der Waals surface area contributed by atoms with Crippen LogP contribution in [0.2, 0.25) is 0 Å². The molecule has 1 atom stereocenters. The number of carbonyl (C=O) groups is 3. The van der Waals surface area contributed by atoms with E-state index in [-0.39, 0.29) is 25.0 Å². The van der Waals surface area contributed by atoms with Gasteiger partial charge in [-0.25, -0.2) is 4.79 Å². The molecule has 8 heteroatoms. The van der Waals surface area contributed by atoms with E-state index >= 15 is 0 Å². The number of ether oxygens (including phenoxy) is 3. The summed E-state index contributed by atoms with van der Waals surface area (Å²) in [5.74, 6) is 0.176. The van der Waals surface area contributed by atoms with Crippen molar-refractivity contribution in [2.45, 2.75) is 13.0 Å². The largest absolute Gasteiger partial charge is 0.465 e. The number of benzene rings is 2. The number of methoxy groups -OCH3 is 1. The first-order chi connectivity index (χ1) is 14.0. The molecule has 2 aromatic rings. The molecule has 0 aliphatic carbocycles. The van der Waals surface area contributed by atoms with Crippen molar-refractivity contribution in [1.82, 2.24) is 5.32 Å². The molecule has 0 aromatic heterocycles. The second-order valence-corrected chi connectivity index (χ2v) is 6.85. The van der Waals surface area contributed by atoms with E-state index in [4.69, 9.17) is 9.47 Å². The van der Waals surface area contributed by atoms with E-state index in [0.29, 0.717) is 35.8 Å². The van der Waals surface area contributed by atoms with Crippen molar-refractivity contribution in [3.05, 3.63) is 53.6 Å². The van der Waals surface area contributed by atoms with Crippen LogP contribution in [0.3, 0.4) is 0 Å². The van der Waals surface area contributed by atoms with Crippen LogP contribution >= 0.6 is 0 Å². The zero-order valence-electron chi connectivity index (χ0n) is 15.8. The summed E-state index contributed by atoms with van der Waals surface area (Å²) >= 11 is 0. The standard InChI is InChI=1S/C21H20N2O6/c1-27-21(26)14-3-5-16(6-4-14)23-11-15(9-19(23)24)20(25)22-10-13-2-7-17-18(8-13)29-12-28-17/h2-8,15H,9-12H2,1H3,(H,22,25). The van der Waals surface area contributed by atoms with Gasteiger partial charge in [-0.15, -0.1) is 0 Å². The topological polar surface area (TPSA) is 94.2 Å². The number of rotatable bonds is 5. The van der Waals surface area contributed by atoms with E-state index in [1.165, 1.54) is 7.11 Å². The van der Waals surface area contributed by atoms with Crippen LogP contribution in [0.4, 0.5) is 5.69 Å². The van der Waals surface area contributed by atoms with Crippen molar-refractivity contribution in [1.29, 1.82) is 0 Å². The van der Waals surface area contributed by atoms with Gasteiger partial charge in [0.05, 0.1) is 18.6 Å². The molecule has 1 fully saturated rings.